The van der Waals surface area contributed by atoms with Crippen molar-refractivity contribution in [1.82, 2.24) is 0 Å². The van der Waals surface area contributed by atoms with Gasteiger partial charge >= 0.3 is 5.97 Å². The number of carboxylic acid groups (broad SMARTS) is 1. The van der Waals surface area contributed by atoms with Crippen molar-refractivity contribution in [2.75, 3.05) is 0 Å². The van der Waals surface area contributed by atoms with E-state index in [0.717, 1.165) is 44.9 Å². The predicted molar refractivity (Wildman–Crippen MR) is 121 cm³/mol. The number of aliphatic hydroxyl groups excluding tert-OH is 2. The lowest BCUT2D eigenvalue weighted by molar-refractivity contribution is -0.201. The fourth-order valence-electron chi connectivity index (χ4n) is 9.36. The molecule has 4 aliphatic carbocycles. The van der Waals surface area contributed by atoms with Gasteiger partial charge in [0.1, 0.15) is 0 Å². The number of fused-ring (bicyclic) bond motifs is 5. The molecule has 4 rings (SSSR count). The second kappa shape index (κ2) is 8.38. The number of aliphatic hydroxyl groups is 2. The third kappa shape index (κ3) is 3.65. The zero-order valence-electron chi connectivity index (χ0n) is 19.6. The smallest absolute Gasteiger partial charge is 0.303 e. The number of hydrogen-bond acceptors (Lipinski definition) is 3. The summed E-state index contributed by atoms with van der Waals surface area (Å²) in [6.07, 6.45) is 14.0. The first-order valence-electron chi connectivity index (χ1n) is 12.6. The standard InChI is InChI=1S/C27H42O4/c1-5-6-18-22-15-17(28)11-13-27(22,4)21-12-14-26(3)19(16(2)7-10-23(29)30)8-9-20(26)24(21)25(18)31/h1,16-22,24-25,28,31H,6-15H2,2-4H3,(H,29,30)/t16-,17-,18-,19?,20+,21+,22?,24+,25-,26-,27-/m1/s1. The maximum atomic E-state index is 11.7. The Kier molecular flexibility index (Phi) is 6.25. The lowest BCUT2D eigenvalue weighted by atomic mass is 9.41. The van der Waals surface area contributed by atoms with Gasteiger partial charge in [-0.05, 0) is 104 Å². The molecule has 0 aromatic rings. The largest absolute Gasteiger partial charge is 0.481 e. The van der Waals surface area contributed by atoms with Crippen LogP contribution in [-0.2, 0) is 4.79 Å². The minimum absolute atomic E-state index is 0.0806. The van der Waals surface area contributed by atoms with E-state index in [1.54, 1.807) is 0 Å². The Bertz CT molecular complexity index is 727. The first-order chi connectivity index (χ1) is 14.6. The number of aliphatic carboxylic acids is 1. The molecule has 0 heterocycles. The summed E-state index contributed by atoms with van der Waals surface area (Å²) in [7, 11) is 0. The van der Waals surface area contributed by atoms with E-state index < -0.39 is 5.97 Å². The fraction of sp³-hybridized carbons (Fsp3) is 0.889. The number of rotatable bonds is 5. The van der Waals surface area contributed by atoms with E-state index in [2.05, 4.69) is 26.7 Å². The van der Waals surface area contributed by atoms with Crippen molar-refractivity contribution in [3.8, 4) is 12.3 Å². The van der Waals surface area contributed by atoms with Crippen LogP contribution in [0.3, 0.4) is 0 Å². The van der Waals surface area contributed by atoms with Crippen LogP contribution >= 0.6 is 0 Å². The quantitative estimate of drug-likeness (QED) is 0.551. The van der Waals surface area contributed by atoms with Gasteiger partial charge in [-0.15, -0.1) is 12.3 Å². The number of carbonyl (C=O) groups is 1. The number of carboxylic acids is 1. The average molecular weight is 431 g/mol. The summed E-state index contributed by atoms with van der Waals surface area (Å²) < 4.78 is 0. The Balaban J connectivity index is 1.63. The van der Waals surface area contributed by atoms with Crippen molar-refractivity contribution in [3.05, 3.63) is 0 Å². The van der Waals surface area contributed by atoms with Crippen molar-refractivity contribution < 1.29 is 20.1 Å². The lowest BCUT2D eigenvalue weighted by Gasteiger charge is -2.64. The topological polar surface area (TPSA) is 77.8 Å². The Labute approximate surface area is 188 Å². The minimum atomic E-state index is -0.700. The highest BCUT2D eigenvalue weighted by Crippen LogP contribution is 2.69. The van der Waals surface area contributed by atoms with E-state index in [0.29, 0.717) is 36.0 Å². The molecule has 0 saturated heterocycles. The molecule has 4 saturated carbocycles. The van der Waals surface area contributed by atoms with Crippen LogP contribution in [0, 0.1) is 64.6 Å². The highest BCUT2D eigenvalue weighted by atomic mass is 16.4. The molecular weight excluding hydrogens is 388 g/mol. The van der Waals surface area contributed by atoms with Crippen molar-refractivity contribution in [2.24, 2.45) is 52.3 Å². The van der Waals surface area contributed by atoms with Crippen LogP contribution in [0.2, 0.25) is 0 Å². The average Bonchev–Trinajstić information content (AvgIpc) is 3.07. The first-order valence-corrected chi connectivity index (χ1v) is 12.6. The molecule has 3 N–H and O–H groups in total. The molecule has 31 heavy (non-hydrogen) atoms. The van der Waals surface area contributed by atoms with E-state index >= 15 is 0 Å². The Hall–Kier alpha value is -1.05. The van der Waals surface area contributed by atoms with E-state index in [9.17, 15) is 15.0 Å². The molecule has 174 valence electrons. The summed E-state index contributed by atoms with van der Waals surface area (Å²) in [5, 5.41) is 31.3. The van der Waals surface area contributed by atoms with Gasteiger partial charge in [0.2, 0.25) is 0 Å². The van der Waals surface area contributed by atoms with Gasteiger partial charge in [0.15, 0.2) is 0 Å². The second-order valence-electron chi connectivity index (χ2n) is 12.0. The van der Waals surface area contributed by atoms with Crippen molar-refractivity contribution in [2.45, 2.75) is 97.2 Å². The maximum Gasteiger partial charge on any atom is 0.303 e. The Morgan fingerprint density at radius 3 is 2.42 bits per heavy atom. The number of terminal acetylenes is 1. The summed E-state index contributed by atoms with van der Waals surface area (Å²) in [6.45, 7) is 7.11. The van der Waals surface area contributed by atoms with Gasteiger partial charge in [-0.25, -0.2) is 0 Å². The summed E-state index contributed by atoms with van der Waals surface area (Å²) in [4.78, 5) is 11.1. The first kappa shape index (κ1) is 23.1. The van der Waals surface area contributed by atoms with Gasteiger partial charge in [-0.2, -0.15) is 0 Å². The van der Waals surface area contributed by atoms with E-state index in [1.165, 1.54) is 6.42 Å². The predicted octanol–water partition coefficient (Wildman–Crippen LogP) is 4.73. The molecule has 0 aromatic heterocycles. The molecule has 4 nitrogen and oxygen atoms in total. The Morgan fingerprint density at radius 2 is 1.74 bits per heavy atom. The zero-order chi connectivity index (χ0) is 22.6. The highest BCUT2D eigenvalue weighted by molar-refractivity contribution is 5.66. The van der Waals surface area contributed by atoms with Gasteiger partial charge in [-0.3, -0.25) is 4.79 Å². The van der Waals surface area contributed by atoms with Gasteiger partial charge < -0.3 is 15.3 Å². The summed E-state index contributed by atoms with van der Waals surface area (Å²) in [5.74, 6) is 4.75. The highest BCUT2D eigenvalue weighted by Gasteiger charge is 2.65. The van der Waals surface area contributed by atoms with Crippen molar-refractivity contribution in [3.63, 3.8) is 0 Å². The maximum absolute atomic E-state index is 11.7. The molecule has 4 fully saturated rings. The van der Waals surface area contributed by atoms with E-state index in [-0.39, 0.29) is 41.3 Å². The van der Waals surface area contributed by atoms with E-state index in [4.69, 9.17) is 11.5 Å². The molecule has 2 unspecified atom stereocenters. The second-order valence-corrected chi connectivity index (χ2v) is 12.0. The van der Waals surface area contributed by atoms with Gasteiger partial charge in [0.25, 0.3) is 0 Å². The molecule has 0 aromatic carbocycles. The van der Waals surface area contributed by atoms with Gasteiger partial charge in [-0.1, -0.05) is 20.8 Å². The molecule has 0 spiro atoms. The van der Waals surface area contributed by atoms with Crippen LogP contribution in [0.25, 0.3) is 0 Å². The van der Waals surface area contributed by atoms with Crippen LogP contribution in [0.4, 0.5) is 0 Å². The fourth-order valence-corrected chi connectivity index (χ4v) is 9.36. The third-order valence-electron chi connectivity index (χ3n) is 10.8. The molecule has 0 bridgehead atoms. The van der Waals surface area contributed by atoms with Crippen LogP contribution in [0.15, 0.2) is 0 Å². The van der Waals surface area contributed by atoms with Crippen LogP contribution < -0.4 is 0 Å². The summed E-state index contributed by atoms with van der Waals surface area (Å²) >= 11 is 0. The van der Waals surface area contributed by atoms with Crippen LogP contribution in [0.5, 0.6) is 0 Å². The molecule has 4 heteroatoms. The molecule has 4 aliphatic rings. The van der Waals surface area contributed by atoms with Crippen molar-refractivity contribution in [1.29, 1.82) is 0 Å². The summed E-state index contributed by atoms with van der Waals surface area (Å²) in [6, 6.07) is 0. The Morgan fingerprint density at radius 1 is 1.06 bits per heavy atom. The van der Waals surface area contributed by atoms with Gasteiger partial charge in [0, 0.05) is 12.8 Å². The SMILES string of the molecule is C#CC[C@@H]1C2C[C@H](O)CC[C@]2(C)[C@H]2CC[C@]3(C)C([C@H](C)CCC(=O)O)CC[C@H]3[C@@H]2[C@@H]1O. The lowest BCUT2D eigenvalue weighted by Crippen LogP contribution is -2.62. The zero-order valence-corrected chi connectivity index (χ0v) is 19.6. The molecule has 0 aliphatic heterocycles. The molecule has 0 amide bonds. The third-order valence-corrected chi connectivity index (χ3v) is 10.8. The molecular formula is C27H42O4. The number of hydrogen-bond donors (Lipinski definition) is 3. The van der Waals surface area contributed by atoms with Crippen LogP contribution in [-0.4, -0.2) is 33.5 Å². The van der Waals surface area contributed by atoms with E-state index in [1.807, 2.05) is 0 Å². The normalized spacial score (nSPS) is 49.9. The van der Waals surface area contributed by atoms with Crippen molar-refractivity contribution >= 4 is 5.97 Å². The van der Waals surface area contributed by atoms with Crippen LogP contribution in [0.1, 0.15) is 85.0 Å². The summed E-state index contributed by atoms with van der Waals surface area (Å²) in [5.41, 5.74) is 0.330. The monoisotopic (exact) mass is 430 g/mol. The van der Waals surface area contributed by atoms with Gasteiger partial charge in [0.05, 0.1) is 12.2 Å². The molecule has 11 atom stereocenters. The minimum Gasteiger partial charge on any atom is -0.481 e. The molecule has 0 radical (unpaired) electrons.